The number of methoxy groups -OCH3 is 1. The second-order valence-electron chi connectivity index (χ2n) is 4.64. The van der Waals surface area contributed by atoms with Gasteiger partial charge in [-0.3, -0.25) is 0 Å². The number of aromatic amines is 2. The van der Waals surface area contributed by atoms with Crippen LogP contribution in [-0.4, -0.2) is 17.1 Å². The molecule has 1 aromatic heterocycles. The summed E-state index contributed by atoms with van der Waals surface area (Å²) < 4.78 is 38.8. The van der Waals surface area contributed by atoms with Gasteiger partial charge in [-0.25, -0.2) is 8.78 Å². The highest BCUT2D eigenvalue weighted by Crippen LogP contribution is 2.29. The Hall–Kier alpha value is -2.41. The van der Waals surface area contributed by atoms with Gasteiger partial charge < -0.3 is 19.4 Å². The number of aromatic nitrogens is 2. The number of benzene rings is 2. The number of rotatable bonds is 4. The normalized spacial score (nSPS) is 10.9. The van der Waals surface area contributed by atoms with Gasteiger partial charge in [-0.2, -0.15) is 0 Å². The molecule has 0 bridgehead atoms. The highest BCUT2D eigenvalue weighted by Gasteiger charge is 2.17. The van der Waals surface area contributed by atoms with Gasteiger partial charge in [-0.05, 0) is 29.9 Å². The van der Waals surface area contributed by atoms with Gasteiger partial charge in [0.1, 0.15) is 17.9 Å². The average Bonchev–Trinajstić information content (AvgIpc) is 2.88. The van der Waals surface area contributed by atoms with E-state index in [4.69, 9.17) is 21.7 Å². The van der Waals surface area contributed by atoms with Crippen LogP contribution in [0.1, 0.15) is 5.56 Å². The topological polar surface area (TPSA) is 50.0 Å². The number of nitrogens with one attached hydrogen (secondary N) is 2. The van der Waals surface area contributed by atoms with Crippen LogP contribution in [0.3, 0.4) is 0 Å². The van der Waals surface area contributed by atoms with Gasteiger partial charge in [-0.1, -0.05) is 12.1 Å². The molecule has 0 saturated heterocycles. The van der Waals surface area contributed by atoms with Crippen molar-refractivity contribution < 1.29 is 18.3 Å². The molecule has 0 aliphatic heterocycles. The third-order valence-corrected chi connectivity index (χ3v) is 3.41. The van der Waals surface area contributed by atoms with Crippen molar-refractivity contribution in [1.82, 2.24) is 9.97 Å². The van der Waals surface area contributed by atoms with E-state index < -0.39 is 17.4 Å². The van der Waals surface area contributed by atoms with E-state index in [0.29, 0.717) is 5.75 Å². The molecule has 4 nitrogen and oxygen atoms in total. The lowest BCUT2D eigenvalue weighted by molar-refractivity contribution is 0.275. The monoisotopic (exact) mass is 322 g/mol. The van der Waals surface area contributed by atoms with E-state index in [-0.39, 0.29) is 22.4 Å². The Morgan fingerprint density at radius 1 is 1.14 bits per heavy atom. The molecular formula is C15H12F2N2O2S. The SMILES string of the molecule is COc1ccc(COc2c(F)cc3[nH]c(=S)[nH]c3c2F)cc1. The molecule has 3 aromatic rings. The smallest absolute Gasteiger partial charge is 0.193 e. The Kier molecular flexibility index (Phi) is 3.81. The maximum absolute atomic E-state index is 14.3. The minimum Gasteiger partial charge on any atom is -0.497 e. The van der Waals surface area contributed by atoms with Crippen LogP contribution in [0.2, 0.25) is 0 Å². The Morgan fingerprint density at radius 2 is 1.86 bits per heavy atom. The summed E-state index contributed by atoms with van der Waals surface area (Å²) in [6.07, 6.45) is 0. The Morgan fingerprint density at radius 3 is 2.55 bits per heavy atom. The first kappa shape index (κ1) is 14.5. The molecule has 7 heteroatoms. The number of hydrogen-bond donors (Lipinski definition) is 2. The van der Waals surface area contributed by atoms with E-state index in [1.807, 2.05) is 0 Å². The van der Waals surface area contributed by atoms with Gasteiger partial charge in [0.2, 0.25) is 0 Å². The number of fused-ring (bicyclic) bond motifs is 1. The molecule has 114 valence electrons. The fraction of sp³-hybridized carbons (Fsp3) is 0.133. The average molecular weight is 322 g/mol. The molecule has 0 atom stereocenters. The minimum absolute atomic E-state index is 0.0362. The fourth-order valence-electron chi connectivity index (χ4n) is 2.10. The minimum atomic E-state index is -0.809. The zero-order valence-corrected chi connectivity index (χ0v) is 12.4. The van der Waals surface area contributed by atoms with E-state index in [1.165, 1.54) is 0 Å². The van der Waals surface area contributed by atoms with Gasteiger partial charge in [0.25, 0.3) is 0 Å². The zero-order valence-electron chi connectivity index (χ0n) is 11.6. The quantitative estimate of drug-likeness (QED) is 0.711. The van der Waals surface area contributed by atoms with Gasteiger partial charge in [0, 0.05) is 6.07 Å². The molecular weight excluding hydrogens is 310 g/mol. The number of ether oxygens (including phenoxy) is 2. The first-order chi connectivity index (χ1) is 10.6. The number of hydrogen-bond acceptors (Lipinski definition) is 3. The van der Waals surface area contributed by atoms with Crippen LogP contribution >= 0.6 is 12.2 Å². The van der Waals surface area contributed by atoms with Crippen molar-refractivity contribution in [2.75, 3.05) is 7.11 Å². The van der Waals surface area contributed by atoms with Crippen LogP contribution in [0.4, 0.5) is 8.78 Å². The number of imidazole rings is 1. The van der Waals surface area contributed by atoms with Crippen LogP contribution in [0.25, 0.3) is 11.0 Å². The number of H-pyrrole nitrogens is 2. The molecule has 0 fully saturated rings. The van der Waals surface area contributed by atoms with E-state index in [2.05, 4.69) is 9.97 Å². The molecule has 0 amide bonds. The summed E-state index contributed by atoms with van der Waals surface area (Å²) in [5.74, 6) is -1.34. The summed E-state index contributed by atoms with van der Waals surface area (Å²) in [6, 6.07) is 8.16. The van der Waals surface area contributed by atoms with Crippen LogP contribution in [0, 0.1) is 16.4 Å². The van der Waals surface area contributed by atoms with Crippen molar-refractivity contribution in [2.45, 2.75) is 6.61 Å². The molecule has 0 saturated carbocycles. The van der Waals surface area contributed by atoms with Crippen molar-refractivity contribution in [1.29, 1.82) is 0 Å². The molecule has 22 heavy (non-hydrogen) atoms. The van der Waals surface area contributed by atoms with Gasteiger partial charge >= 0.3 is 0 Å². The summed E-state index contributed by atoms with van der Waals surface area (Å²) in [7, 11) is 1.56. The van der Waals surface area contributed by atoms with Crippen LogP contribution < -0.4 is 9.47 Å². The second kappa shape index (κ2) is 5.76. The first-order valence-corrected chi connectivity index (χ1v) is 6.85. The molecule has 2 aromatic carbocycles. The molecule has 2 N–H and O–H groups in total. The molecule has 0 aliphatic carbocycles. The van der Waals surface area contributed by atoms with Crippen molar-refractivity contribution in [3.63, 3.8) is 0 Å². The van der Waals surface area contributed by atoms with Crippen molar-refractivity contribution in [3.8, 4) is 11.5 Å². The zero-order chi connectivity index (χ0) is 15.7. The van der Waals surface area contributed by atoms with E-state index >= 15 is 0 Å². The van der Waals surface area contributed by atoms with Crippen LogP contribution in [0.5, 0.6) is 11.5 Å². The lowest BCUT2D eigenvalue weighted by Gasteiger charge is -2.09. The molecule has 3 rings (SSSR count). The molecule has 0 unspecified atom stereocenters. The van der Waals surface area contributed by atoms with E-state index in [9.17, 15) is 8.78 Å². The van der Waals surface area contributed by atoms with Crippen molar-refractivity contribution in [2.24, 2.45) is 0 Å². The summed E-state index contributed by atoms with van der Waals surface area (Å²) in [4.78, 5) is 5.29. The summed E-state index contributed by atoms with van der Waals surface area (Å²) >= 11 is 4.87. The second-order valence-corrected chi connectivity index (χ2v) is 5.05. The third-order valence-electron chi connectivity index (χ3n) is 3.21. The van der Waals surface area contributed by atoms with Crippen LogP contribution in [0.15, 0.2) is 30.3 Å². The van der Waals surface area contributed by atoms with Crippen molar-refractivity contribution >= 4 is 23.3 Å². The highest BCUT2D eigenvalue weighted by atomic mass is 32.1. The Balaban J connectivity index is 1.88. The van der Waals surface area contributed by atoms with Gasteiger partial charge in [0.05, 0.1) is 12.6 Å². The third kappa shape index (κ3) is 2.67. The maximum Gasteiger partial charge on any atom is 0.193 e. The summed E-state index contributed by atoms with van der Waals surface area (Å²) in [5.41, 5.74) is 1.12. The van der Waals surface area contributed by atoms with Gasteiger partial charge in [-0.15, -0.1) is 0 Å². The predicted molar refractivity (Wildman–Crippen MR) is 80.7 cm³/mol. The molecule has 1 heterocycles. The molecule has 0 spiro atoms. The largest absolute Gasteiger partial charge is 0.497 e. The van der Waals surface area contributed by atoms with E-state index in [0.717, 1.165) is 11.6 Å². The maximum atomic E-state index is 14.3. The molecule has 0 radical (unpaired) electrons. The summed E-state index contributed by atoms with van der Waals surface area (Å²) in [5, 5.41) is 0. The summed E-state index contributed by atoms with van der Waals surface area (Å²) in [6.45, 7) is 0.0362. The molecule has 0 aliphatic rings. The predicted octanol–water partition coefficient (Wildman–Crippen LogP) is 4.09. The Labute approximate surface area is 129 Å². The van der Waals surface area contributed by atoms with Crippen LogP contribution in [-0.2, 0) is 6.61 Å². The van der Waals surface area contributed by atoms with Crippen molar-refractivity contribution in [3.05, 3.63) is 52.3 Å². The fourth-order valence-corrected chi connectivity index (χ4v) is 2.31. The number of halogens is 2. The van der Waals surface area contributed by atoms with Gasteiger partial charge in [0.15, 0.2) is 22.2 Å². The first-order valence-electron chi connectivity index (χ1n) is 6.44. The standard InChI is InChI=1S/C15H12F2N2O2S/c1-20-9-4-2-8(3-5-9)7-21-14-10(16)6-11-13(12(14)17)19-15(22)18-11/h2-6H,7H2,1H3,(H2,18,19,22). The Bertz CT molecular complexity index is 872. The highest BCUT2D eigenvalue weighted by molar-refractivity contribution is 7.71. The lowest BCUT2D eigenvalue weighted by Crippen LogP contribution is -2.00. The van der Waals surface area contributed by atoms with E-state index in [1.54, 1.807) is 31.4 Å². The lowest BCUT2D eigenvalue weighted by atomic mass is 10.2.